The van der Waals surface area contributed by atoms with E-state index in [2.05, 4.69) is 15.6 Å². The lowest BCUT2D eigenvalue weighted by molar-refractivity contribution is 0.0757. The maximum absolute atomic E-state index is 12.9. The van der Waals surface area contributed by atoms with Crippen LogP contribution in [0.4, 0.5) is 15.2 Å². The summed E-state index contributed by atoms with van der Waals surface area (Å²) >= 11 is 1.28. The number of hydrogen-bond acceptors (Lipinski definition) is 5. The molecule has 5 nitrogen and oxygen atoms in total. The molecular formula is C17H22FN3O2S. The van der Waals surface area contributed by atoms with Crippen molar-refractivity contribution in [3.63, 3.8) is 0 Å². The van der Waals surface area contributed by atoms with Crippen LogP contribution in [0.5, 0.6) is 0 Å². The minimum atomic E-state index is -0.294. The van der Waals surface area contributed by atoms with Crippen LogP contribution >= 0.6 is 11.3 Å². The van der Waals surface area contributed by atoms with E-state index in [0.29, 0.717) is 28.9 Å². The zero-order valence-corrected chi connectivity index (χ0v) is 14.9. The van der Waals surface area contributed by atoms with Gasteiger partial charge < -0.3 is 15.4 Å². The molecule has 0 saturated heterocycles. The Labute approximate surface area is 145 Å². The van der Waals surface area contributed by atoms with Crippen LogP contribution in [-0.4, -0.2) is 30.1 Å². The van der Waals surface area contributed by atoms with Crippen LogP contribution in [0.15, 0.2) is 24.3 Å². The van der Waals surface area contributed by atoms with Crippen molar-refractivity contribution in [2.75, 3.05) is 18.5 Å². The Morgan fingerprint density at radius 2 is 2.04 bits per heavy atom. The van der Waals surface area contributed by atoms with Gasteiger partial charge in [-0.25, -0.2) is 9.37 Å². The average molecular weight is 351 g/mol. The number of aromatic nitrogens is 1. The highest BCUT2D eigenvalue weighted by Crippen LogP contribution is 2.25. The summed E-state index contributed by atoms with van der Waals surface area (Å²) in [6.07, 6.45) is 0.965. The SMILES string of the molecule is Cc1nc(Nc2ccc(F)cc2)sc1C(=O)NCCCOC(C)C. The first-order valence-corrected chi connectivity index (χ1v) is 8.67. The molecule has 24 heavy (non-hydrogen) atoms. The van der Waals surface area contributed by atoms with E-state index in [1.54, 1.807) is 19.1 Å². The predicted molar refractivity (Wildman–Crippen MR) is 94.6 cm³/mol. The minimum Gasteiger partial charge on any atom is -0.379 e. The first-order chi connectivity index (χ1) is 11.5. The number of benzene rings is 1. The highest BCUT2D eigenvalue weighted by atomic mass is 32.1. The molecular weight excluding hydrogens is 329 g/mol. The Hall–Kier alpha value is -1.99. The highest BCUT2D eigenvalue weighted by molar-refractivity contribution is 7.17. The molecule has 2 aromatic rings. The van der Waals surface area contributed by atoms with E-state index in [1.807, 2.05) is 13.8 Å². The van der Waals surface area contributed by atoms with Crippen LogP contribution < -0.4 is 10.6 Å². The van der Waals surface area contributed by atoms with Gasteiger partial charge in [0.1, 0.15) is 10.7 Å². The van der Waals surface area contributed by atoms with Crippen LogP contribution in [0.3, 0.4) is 0 Å². The first kappa shape index (κ1) is 18.4. The number of carbonyl (C=O) groups is 1. The summed E-state index contributed by atoms with van der Waals surface area (Å²) in [5.41, 5.74) is 1.39. The van der Waals surface area contributed by atoms with E-state index in [9.17, 15) is 9.18 Å². The van der Waals surface area contributed by atoms with E-state index < -0.39 is 0 Å². The molecule has 0 atom stereocenters. The molecule has 0 unspecified atom stereocenters. The number of anilines is 2. The Kier molecular flexibility index (Phi) is 6.69. The van der Waals surface area contributed by atoms with Crippen LogP contribution in [-0.2, 0) is 4.74 Å². The normalized spacial score (nSPS) is 10.9. The third kappa shape index (κ3) is 5.58. The van der Waals surface area contributed by atoms with Gasteiger partial charge in [-0.05, 0) is 51.5 Å². The molecule has 130 valence electrons. The molecule has 1 heterocycles. The van der Waals surface area contributed by atoms with Gasteiger partial charge in [-0.3, -0.25) is 4.79 Å². The van der Waals surface area contributed by atoms with Gasteiger partial charge in [0.2, 0.25) is 0 Å². The largest absolute Gasteiger partial charge is 0.379 e. The second-order valence-corrected chi connectivity index (χ2v) is 6.59. The summed E-state index contributed by atoms with van der Waals surface area (Å²) in [5.74, 6) is -0.431. The summed E-state index contributed by atoms with van der Waals surface area (Å²) in [6.45, 7) is 6.94. The molecule has 1 amide bonds. The summed E-state index contributed by atoms with van der Waals surface area (Å²) in [6, 6.07) is 5.99. The lowest BCUT2D eigenvalue weighted by Crippen LogP contribution is -2.25. The maximum atomic E-state index is 12.9. The monoisotopic (exact) mass is 351 g/mol. The number of ether oxygens (including phenoxy) is 1. The minimum absolute atomic E-state index is 0.137. The average Bonchev–Trinajstić information content (AvgIpc) is 2.89. The second kappa shape index (κ2) is 8.75. The molecule has 1 aromatic carbocycles. The van der Waals surface area contributed by atoms with E-state index in [1.165, 1.54) is 23.5 Å². The first-order valence-electron chi connectivity index (χ1n) is 7.85. The number of nitrogens with zero attached hydrogens (tertiary/aromatic N) is 1. The highest BCUT2D eigenvalue weighted by Gasteiger charge is 2.15. The van der Waals surface area contributed by atoms with E-state index in [-0.39, 0.29) is 17.8 Å². The molecule has 0 aliphatic rings. The van der Waals surface area contributed by atoms with Crippen LogP contribution in [0.25, 0.3) is 0 Å². The van der Waals surface area contributed by atoms with Crippen molar-refractivity contribution in [1.82, 2.24) is 10.3 Å². The van der Waals surface area contributed by atoms with Crippen molar-refractivity contribution >= 4 is 28.1 Å². The second-order valence-electron chi connectivity index (χ2n) is 5.59. The van der Waals surface area contributed by atoms with Crippen LogP contribution in [0.1, 0.15) is 35.6 Å². The van der Waals surface area contributed by atoms with Gasteiger partial charge in [0.25, 0.3) is 5.91 Å². The molecule has 0 aliphatic carbocycles. The van der Waals surface area contributed by atoms with Crippen molar-refractivity contribution in [2.45, 2.75) is 33.3 Å². The summed E-state index contributed by atoms with van der Waals surface area (Å²) in [5, 5.41) is 6.55. The van der Waals surface area contributed by atoms with Gasteiger partial charge in [0.05, 0.1) is 11.8 Å². The lowest BCUT2D eigenvalue weighted by atomic mass is 10.3. The molecule has 0 fully saturated rings. The van der Waals surface area contributed by atoms with Crippen molar-refractivity contribution in [1.29, 1.82) is 0 Å². The smallest absolute Gasteiger partial charge is 0.263 e. The van der Waals surface area contributed by atoms with Crippen molar-refractivity contribution in [3.8, 4) is 0 Å². The van der Waals surface area contributed by atoms with Crippen molar-refractivity contribution in [3.05, 3.63) is 40.7 Å². The maximum Gasteiger partial charge on any atom is 0.263 e. The topological polar surface area (TPSA) is 63.2 Å². The standard InChI is InChI=1S/C17H22FN3O2S/c1-11(2)23-10-4-9-19-16(22)15-12(3)20-17(24-15)21-14-7-5-13(18)6-8-14/h5-8,11H,4,9-10H2,1-3H3,(H,19,22)(H,20,21). The number of nitrogens with one attached hydrogen (secondary N) is 2. The number of aryl methyl sites for hydroxylation is 1. The fraction of sp³-hybridized carbons (Fsp3) is 0.412. The fourth-order valence-corrected chi connectivity index (χ4v) is 2.89. The zero-order valence-electron chi connectivity index (χ0n) is 14.1. The van der Waals surface area contributed by atoms with Gasteiger partial charge in [-0.2, -0.15) is 0 Å². The summed E-state index contributed by atoms with van der Waals surface area (Å²) < 4.78 is 18.3. The Morgan fingerprint density at radius 1 is 1.33 bits per heavy atom. The lowest BCUT2D eigenvalue weighted by Gasteiger charge is -2.07. The molecule has 0 saturated carbocycles. The number of amides is 1. The molecule has 0 radical (unpaired) electrons. The molecule has 2 rings (SSSR count). The van der Waals surface area contributed by atoms with Gasteiger partial charge in [-0.1, -0.05) is 11.3 Å². The fourth-order valence-electron chi connectivity index (χ4n) is 1.99. The Morgan fingerprint density at radius 3 is 2.71 bits per heavy atom. The number of rotatable bonds is 8. The zero-order chi connectivity index (χ0) is 17.5. The molecule has 1 aromatic heterocycles. The molecule has 0 aliphatic heterocycles. The van der Waals surface area contributed by atoms with Gasteiger partial charge in [0, 0.05) is 18.8 Å². The van der Waals surface area contributed by atoms with E-state index >= 15 is 0 Å². The Bertz CT molecular complexity index is 671. The van der Waals surface area contributed by atoms with Gasteiger partial charge in [-0.15, -0.1) is 0 Å². The van der Waals surface area contributed by atoms with Gasteiger partial charge >= 0.3 is 0 Å². The predicted octanol–water partition coefficient (Wildman–Crippen LogP) is 3.88. The van der Waals surface area contributed by atoms with Crippen molar-refractivity contribution in [2.24, 2.45) is 0 Å². The number of hydrogen-bond donors (Lipinski definition) is 2. The van der Waals surface area contributed by atoms with E-state index in [0.717, 1.165) is 12.1 Å². The number of thiazole rings is 1. The van der Waals surface area contributed by atoms with Gasteiger partial charge in [0.15, 0.2) is 5.13 Å². The molecule has 0 spiro atoms. The molecule has 7 heteroatoms. The quantitative estimate of drug-likeness (QED) is 0.709. The molecule has 2 N–H and O–H groups in total. The molecule has 0 bridgehead atoms. The Balaban J connectivity index is 1.88. The third-order valence-corrected chi connectivity index (χ3v) is 4.23. The van der Waals surface area contributed by atoms with E-state index in [4.69, 9.17) is 4.74 Å². The summed E-state index contributed by atoms with van der Waals surface area (Å²) in [4.78, 5) is 17.1. The summed E-state index contributed by atoms with van der Waals surface area (Å²) in [7, 11) is 0. The van der Waals surface area contributed by atoms with Crippen LogP contribution in [0.2, 0.25) is 0 Å². The van der Waals surface area contributed by atoms with Crippen LogP contribution in [0, 0.1) is 12.7 Å². The third-order valence-electron chi connectivity index (χ3n) is 3.16. The number of halogens is 1. The number of carbonyl (C=O) groups excluding carboxylic acids is 1. The van der Waals surface area contributed by atoms with Crippen molar-refractivity contribution < 1.29 is 13.9 Å².